The van der Waals surface area contributed by atoms with Crippen molar-refractivity contribution in [1.82, 2.24) is 10.3 Å². The third-order valence-electron chi connectivity index (χ3n) is 4.86. The van der Waals surface area contributed by atoms with Gasteiger partial charge in [0.1, 0.15) is 5.75 Å². The summed E-state index contributed by atoms with van der Waals surface area (Å²) in [5.74, 6) is 0.633. The molecule has 1 aromatic heterocycles. The highest BCUT2D eigenvalue weighted by molar-refractivity contribution is 5.79. The van der Waals surface area contributed by atoms with Gasteiger partial charge in [0.2, 0.25) is 11.8 Å². The van der Waals surface area contributed by atoms with Crippen molar-refractivity contribution >= 4 is 17.7 Å². The summed E-state index contributed by atoms with van der Waals surface area (Å²) in [7, 11) is 0. The Morgan fingerprint density at radius 1 is 1.21 bits per heavy atom. The number of alkyl halides is 3. The first-order valence-corrected chi connectivity index (χ1v) is 8.95. The number of ether oxygens (including phenoxy) is 1. The number of fused-ring (bicyclic) bond motifs is 1. The molecule has 146 valence electrons. The van der Waals surface area contributed by atoms with E-state index in [4.69, 9.17) is 4.74 Å². The maximum atomic E-state index is 12.6. The van der Waals surface area contributed by atoms with E-state index in [0.29, 0.717) is 18.7 Å². The summed E-state index contributed by atoms with van der Waals surface area (Å²) < 4.78 is 43.5. The van der Waals surface area contributed by atoms with Crippen LogP contribution in [0.15, 0.2) is 42.6 Å². The van der Waals surface area contributed by atoms with Crippen molar-refractivity contribution in [2.45, 2.75) is 25.1 Å². The second kappa shape index (κ2) is 7.18. The number of benzene rings is 1. The Morgan fingerprint density at radius 2 is 2.07 bits per heavy atom. The molecule has 5 nitrogen and oxygen atoms in total. The molecule has 0 aliphatic carbocycles. The van der Waals surface area contributed by atoms with Gasteiger partial charge >= 0.3 is 6.18 Å². The van der Waals surface area contributed by atoms with Crippen LogP contribution in [-0.2, 0) is 11.0 Å². The molecule has 4 rings (SSSR count). The quantitative estimate of drug-likeness (QED) is 0.862. The van der Waals surface area contributed by atoms with Crippen LogP contribution in [0.2, 0.25) is 0 Å². The van der Waals surface area contributed by atoms with E-state index in [1.54, 1.807) is 6.07 Å². The van der Waals surface area contributed by atoms with Crippen molar-refractivity contribution in [3.05, 3.63) is 53.7 Å². The van der Waals surface area contributed by atoms with Gasteiger partial charge in [-0.15, -0.1) is 0 Å². The van der Waals surface area contributed by atoms with Crippen LogP contribution in [-0.4, -0.2) is 30.0 Å². The summed E-state index contributed by atoms with van der Waals surface area (Å²) in [6, 6.07) is 7.76. The first-order chi connectivity index (χ1) is 13.4. The first-order valence-electron chi connectivity index (χ1n) is 8.95. The van der Waals surface area contributed by atoms with Crippen molar-refractivity contribution in [1.29, 1.82) is 0 Å². The number of rotatable bonds is 3. The zero-order chi connectivity index (χ0) is 19.7. The van der Waals surface area contributed by atoms with Crippen LogP contribution in [0.1, 0.15) is 24.0 Å². The number of nitrogens with one attached hydrogen (secondary N) is 1. The molecular formula is C20H18F3N3O2. The molecule has 3 heterocycles. The molecule has 1 unspecified atom stereocenters. The predicted molar refractivity (Wildman–Crippen MR) is 98.2 cm³/mol. The number of aromatic nitrogens is 1. The minimum atomic E-state index is -4.43. The van der Waals surface area contributed by atoms with Gasteiger partial charge in [0.15, 0.2) is 0 Å². The molecule has 1 atom stereocenters. The smallest absolute Gasteiger partial charge is 0.417 e. The Bertz CT molecular complexity index is 910. The van der Waals surface area contributed by atoms with Gasteiger partial charge in [-0.1, -0.05) is 12.2 Å². The number of amides is 1. The lowest BCUT2D eigenvalue weighted by Crippen LogP contribution is -2.46. The van der Waals surface area contributed by atoms with Crippen molar-refractivity contribution in [2.24, 2.45) is 0 Å². The fourth-order valence-electron chi connectivity index (χ4n) is 3.49. The average molecular weight is 389 g/mol. The number of pyridine rings is 1. The zero-order valence-electron chi connectivity index (χ0n) is 14.9. The molecule has 1 aromatic carbocycles. The maximum Gasteiger partial charge on any atom is 0.417 e. The minimum absolute atomic E-state index is 0.0562. The van der Waals surface area contributed by atoms with Crippen LogP contribution < -0.4 is 15.0 Å². The molecule has 0 bridgehead atoms. The lowest BCUT2D eigenvalue weighted by Gasteiger charge is -2.37. The van der Waals surface area contributed by atoms with E-state index in [1.165, 1.54) is 6.07 Å². The number of anilines is 1. The molecular weight excluding hydrogens is 371 g/mol. The molecule has 1 fully saturated rings. The van der Waals surface area contributed by atoms with Gasteiger partial charge in [0.25, 0.3) is 0 Å². The van der Waals surface area contributed by atoms with Crippen LogP contribution >= 0.6 is 0 Å². The Morgan fingerprint density at radius 3 is 2.79 bits per heavy atom. The van der Waals surface area contributed by atoms with Crippen molar-refractivity contribution < 1.29 is 22.7 Å². The Labute approximate surface area is 159 Å². The third-order valence-corrected chi connectivity index (χ3v) is 4.86. The second-order valence-electron chi connectivity index (χ2n) is 6.76. The van der Waals surface area contributed by atoms with Gasteiger partial charge in [-0.25, -0.2) is 4.98 Å². The largest absolute Gasteiger partial charge is 0.439 e. The highest BCUT2D eigenvalue weighted by Gasteiger charge is 2.31. The first kappa shape index (κ1) is 18.3. The van der Waals surface area contributed by atoms with Gasteiger partial charge in [-0.3, -0.25) is 4.79 Å². The van der Waals surface area contributed by atoms with Crippen LogP contribution in [0.3, 0.4) is 0 Å². The normalized spacial score (nSPS) is 19.2. The van der Waals surface area contributed by atoms with Crippen molar-refractivity contribution in [3.8, 4) is 11.6 Å². The van der Waals surface area contributed by atoms with E-state index in [1.807, 2.05) is 24.3 Å². The minimum Gasteiger partial charge on any atom is -0.439 e. The lowest BCUT2D eigenvalue weighted by atomic mass is 9.99. The SMILES string of the molecule is O=C1CC(N2CC=Cc3cc(Oc4ccc(C(F)(F)F)cn4)ccc32)CCN1. The molecule has 1 amide bonds. The van der Waals surface area contributed by atoms with Crippen LogP contribution in [0.4, 0.5) is 18.9 Å². The molecule has 1 N–H and O–H groups in total. The number of hydrogen-bond donors (Lipinski definition) is 1. The van der Waals surface area contributed by atoms with Crippen molar-refractivity contribution in [3.63, 3.8) is 0 Å². The molecule has 0 spiro atoms. The highest BCUT2D eigenvalue weighted by Crippen LogP contribution is 2.34. The fraction of sp³-hybridized carbons (Fsp3) is 0.300. The number of hydrogen-bond acceptors (Lipinski definition) is 4. The lowest BCUT2D eigenvalue weighted by molar-refractivity contribution is -0.137. The Kier molecular flexibility index (Phi) is 4.70. The second-order valence-corrected chi connectivity index (χ2v) is 6.76. The number of carbonyl (C=O) groups is 1. The van der Waals surface area contributed by atoms with Crippen LogP contribution in [0, 0.1) is 0 Å². The molecule has 0 radical (unpaired) electrons. The fourth-order valence-corrected chi connectivity index (χ4v) is 3.49. The summed E-state index contributed by atoms with van der Waals surface area (Å²) >= 11 is 0. The molecule has 0 saturated carbocycles. The monoisotopic (exact) mass is 389 g/mol. The van der Waals surface area contributed by atoms with Gasteiger partial charge in [-0.05, 0) is 30.7 Å². The maximum absolute atomic E-state index is 12.6. The molecule has 1 saturated heterocycles. The highest BCUT2D eigenvalue weighted by atomic mass is 19.4. The predicted octanol–water partition coefficient (Wildman–Crippen LogP) is 4.00. The van der Waals surface area contributed by atoms with E-state index in [-0.39, 0.29) is 17.8 Å². The molecule has 28 heavy (non-hydrogen) atoms. The topological polar surface area (TPSA) is 54.5 Å². The summed E-state index contributed by atoms with van der Waals surface area (Å²) in [6.07, 6.45) is 1.66. The molecule has 8 heteroatoms. The van der Waals surface area contributed by atoms with E-state index < -0.39 is 11.7 Å². The third kappa shape index (κ3) is 3.81. The average Bonchev–Trinajstić information content (AvgIpc) is 2.67. The van der Waals surface area contributed by atoms with Crippen molar-refractivity contribution in [2.75, 3.05) is 18.0 Å². The van der Waals surface area contributed by atoms with Gasteiger partial charge < -0.3 is 15.0 Å². The van der Waals surface area contributed by atoms with E-state index in [0.717, 1.165) is 36.5 Å². The summed E-state index contributed by atoms with van der Waals surface area (Å²) in [4.78, 5) is 17.7. The summed E-state index contributed by atoms with van der Waals surface area (Å²) in [5, 5.41) is 2.84. The van der Waals surface area contributed by atoms with Gasteiger partial charge in [0.05, 0.1) is 5.56 Å². The zero-order valence-corrected chi connectivity index (χ0v) is 14.9. The number of nitrogens with zero attached hydrogens (tertiary/aromatic N) is 2. The molecule has 2 aromatic rings. The Hall–Kier alpha value is -3.03. The van der Waals surface area contributed by atoms with E-state index >= 15 is 0 Å². The molecule has 2 aliphatic rings. The van der Waals surface area contributed by atoms with E-state index in [2.05, 4.69) is 15.2 Å². The number of piperidine rings is 1. The van der Waals surface area contributed by atoms with E-state index in [9.17, 15) is 18.0 Å². The summed E-state index contributed by atoms with van der Waals surface area (Å²) in [5.41, 5.74) is 1.12. The standard InChI is InChI=1S/C20H18F3N3O2/c21-20(22,23)14-3-6-19(25-12-14)28-16-4-5-17-13(10-16)2-1-9-26(17)15-7-8-24-18(27)11-15/h1-6,10,12,15H,7-9,11H2,(H,24,27). The number of carbonyl (C=O) groups excluding carboxylic acids is 1. The van der Waals surface area contributed by atoms with Crippen LogP contribution in [0.25, 0.3) is 6.08 Å². The Balaban J connectivity index is 1.52. The summed E-state index contributed by atoms with van der Waals surface area (Å²) in [6.45, 7) is 1.39. The van der Waals surface area contributed by atoms with Crippen LogP contribution in [0.5, 0.6) is 11.6 Å². The molecule has 2 aliphatic heterocycles. The number of halogens is 3. The van der Waals surface area contributed by atoms with Gasteiger partial charge in [0, 0.05) is 49.1 Å². The van der Waals surface area contributed by atoms with Gasteiger partial charge in [-0.2, -0.15) is 13.2 Å².